The summed E-state index contributed by atoms with van der Waals surface area (Å²) in [5.74, 6) is -0.0718. The van der Waals surface area contributed by atoms with E-state index in [1.165, 1.54) is 6.07 Å². The van der Waals surface area contributed by atoms with Crippen molar-refractivity contribution in [1.29, 1.82) is 0 Å². The monoisotopic (exact) mass is 259 g/mol. The van der Waals surface area contributed by atoms with E-state index in [0.29, 0.717) is 6.42 Å². The molecule has 0 atom stereocenters. The van der Waals surface area contributed by atoms with E-state index in [9.17, 15) is 5.11 Å². The molecule has 0 aromatic carbocycles. The van der Waals surface area contributed by atoms with Crippen molar-refractivity contribution in [1.82, 2.24) is 0 Å². The number of aromatic nitrogens is 1. The van der Waals surface area contributed by atoms with Crippen molar-refractivity contribution >= 4 is 0 Å². The van der Waals surface area contributed by atoms with Crippen LogP contribution in [0.1, 0.15) is 12.6 Å². The van der Waals surface area contributed by atoms with Crippen molar-refractivity contribution in [3.05, 3.63) is 18.0 Å². The molecule has 1 aromatic rings. The zero-order chi connectivity index (χ0) is 8.43. The second kappa shape index (κ2) is 9.76. The minimum Gasteiger partial charge on any atom is -0.504 e. The van der Waals surface area contributed by atoms with Crippen LogP contribution in [0.2, 0.25) is 0 Å². The van der Waals surface area contributed by atoms with Gasteiger partial charge in [-0.15, -0.1) is 0 Å². The van der Waals surface area contributed by atoms with Gasteiger partial charge in [0.1, 0.15) is 7.05 Å². The number of pyridine rings is 1. The zero-order valence-electron chi connectivity index (χ0n) is 8.65. The van der Waals surface area contributed by atoms with Crippen LogP contribution in [-0.4, -0.2) is 26.6 Å². The third-order valence-corrected chi connectivity index (χ3v) is 1.73. The summed E-state index contributed by atoms with van der Waals surface area (Å²) in [7, 11) is 1.83. The van der Waals surface area contributed by atoms with E-state index in [4.69, 9.17) is 5.11 Å². The van der Waals surface area contributed by atoms with Gasteiger partial charge in [0.05, 0.1) is 0 Å². The van der Waals surface area contributed by atoms with Gasteiger partial charge in [0.15, 0.2) is 11.9 Å². The van der Waals surface area contributed by atoms with E-state index >= 15 is 0 Å². The second-order valence-corrected chi connectivity index (χ2v) is 2.46. The molecule has 0 amide bonds. The molecule has 89 valence electrons. The second-order valence-electron chi connectivity index (χ2n) is 2.46. The van der Waals surface area contributed by atoms with Crippen molar-refractivity contribution < 1.29 is 49.8 Å². The van der Waals surface area contributed by atoms with Crippen LogP contribution < -0.4 is 4.57 Å². The molecule has 0 aliphatic rings. The van der Waals surface area contributed by atoms with Crippen molar-refractivity contribution in [2.75, 3.05) is 0 Å². The first-order valence-electron chi connectivity index (χ1n) is 3.56. The topological polar surface area (TPSA) is 139 Å². The van der Waals surface area contributed by atoms with Crippen LogP contribution in [0.25, 0.3) is 0 Å². The van der Waals surface area contributed by atoms with Crippen LogP contribution in [0.15, 0.2) is 12.3 Å². The normalized spacial score (nSPS) is 7.33. The Balaban J connectivity index is -0.000000151. The summed E-state index contributed by atoms with van der Waals surface area (Å²) in [4.78, 5) is 0. The Kier molecular flexibility index (Phi) is 15.5. The van der Waals surface area contributed by atoms with E-state index in [-0.39, 0.29) is 46.5 Å². The van der Waals surface area contributed by atoms with Crippen molar-refractivity contribution in [3.8, 4) is 11.5 Å². The van der Waals surface area contributed by atoms with Crippen LogP contribution in [0, 0.1) is 0 Å². The molecule has 7 heteroatoms. The van der Waals surface area contributed by atoms with E-state index in [1.807, 2.05) is 14.0 Å². The van der Waals surface area contributed by atoms with Gasteiger partial charge < -0.3 is 26.6 Å². The number of hydrogen-bond donors (Lipinski definition) is 2. The van der Waals surface area contributed by atoms with Crippen molar-refractivity contribution in [3.63, 3.8) is 0 Å². The van der Waals surface area contributed by atoms with E-state index < -0.39 is 0 Å². The summed E-state index contributed by atoms with van der Waals surface area (Å²) < 4.78 is 1.79. The smallest absolute Gasteiger partial charge is 0.226 e. The fourth-order valence-electron chi connectivity index (χ4n) is 1.08. The molecule has 15 heavy (non-hydrogen) atoms. The quantitative estimate of drug-likeness (QED) is 0.563. The van der Waals surface area contributed by atoms with E-state index in [0.717, 1.165) is 5.69 Å². The maximum Gasteiger partial charge on any atom is 0.226 e. The molecule has 1 aromatic heterocycles. The molecular formula is C8H18NO5V+. The zero-order valence-corrected chi connectivity index (χ0v) is 10.0. The summed E-state index contributed by atoms with van der Waals surface area (Å²) >= 11 is 0. The molecule has 6 nitrogen and oxygen atoms in total. The van der Waals surface area contributed by atoms with Crippen molar-refractivity contribution in [2.24, 2.45) is 7.05 Å². The van der Waals surface area contributed by atoms with Gasteiger partial charge in [0.25, 0.3) is 0 Å². The average Bonchev–Trinajstić information content (AvgIpc) is 1.99. The predicted octanol–water partition coefficient (Wildman–Crippen LogP) is -1.99. The van der Waals surface area contributed by atoms with Gasteiger partial charge in [0, 0.05) is 31.0 Å². The van der Waals surface area contributed by atoms with Gasteiger partial charge in [0.2, 0.25) is 11.4 Å². The Morgan fingerprint density at radius 3 is 2.00 bits per heavy atom. The molecule has 0 fully saturated rings. The van der Waals surface area contributed by atoms with Crippen LogP contribution in [0.5, 0.6) is 11.5 Å². The molecule has 0 bridgehead atoms. The number of rotatable bonds is 1. The van der Waals surface area contributed by atoms with Crippen LogP contribution in [0.4, 0.5) is 0 Å². The summed E-state index contributed by atoms with van der Waals surface area (Å²) in [5, 5.41) is 18.4. The molecule has 1 rings (SSSR count). The van der Waals surface area contributed by atoms with Gasteiger partial charge in [-0.2, -0.15) is 0 Å². The first-order valence-corrected chi connectivity index (χ1v) is 3.56. The molecule has 0 spiro atoms. The first-order chi connectivity index (χ1) is 5.16. The molecule has 0 saturated carbocycles. The molecule has 1 radical (unpaired) electrons. The Morgan fingerprint density at radius 2 is 1.67 bits per heavy atom. The van der Waals surface area contributed by atoms with Gasteiger partial charge in [-0.1, -0.05) is 6.92 Å². The number of hydrogen-bond acceptors (Lipinski definition) is 2. The summed E-state index contributed by atoms with van der Waals surface area (Å²) in [6, 6.07) is 1.47. The fraction of sp³-hybridized carbons (Fsp3) is 0.375. The predicted molar refractivity (Wildman–Crippen MR) is 51.2 cm³/mol. The van der Waals surface area contributed by atoms with Gasteiger partial charge in [-0.25, -0.2) is 4.57 Å². The molecule has 0 unspecified atom stereocenters. The molecule has 8 N–H and O–H groups in total. The van der Waals surface area contributed by atoms with Crippen molar-refractivity contribution in [2.45, 2.75) is 13.3 Å². The van der Waals surface area contributed by atoms with Crippen LogP contribution in [-0.2, 0) is 32.0 Å². The summed E-state index contributed by atoms with van der Waals surface area (Å²) in [5.41, 5.74) is 0.741. The molecule has 0 aliphatic carbocycles. The third kappa shape index (κ3) is 5.01. The van der Waals surface area contributed by atoms with Gasteiger partial charge in [-0.3, -0.25) is 0 Å². The molecular weight excluding hydrogens is 241 g/mol. The Hall–Kier alpha value is -0.786. The minimum atomic E-state index is -0.0556. The third-order valence-electron chi connectivity index (χ3n) is 1.73. The first kappa shape index (κ1) is 23.8. The SMILES string of the molecule is CCc1c(O)c(O)cc[n+]1C.O.O.O.[V]. The molecule has 0 aliphatic heterocycles. The Labute approximate surface area is 100.0 Å². The average molecular weight is 259 g/mol. The van der Waals surface area contributed by atoms with Crippen LogP contribution in [0.3, 0.4) is 0 Å². The standard InChI is InChI=1S/C8H11NO2.3H2O.V/c1-3-6-8(11)7(10)4-5-9(6)2;;;;/h4-5,11H,3H2,1-2H3;3*1H2;/p+1. The number of nitrogens with zero attached hydrogens (tertiary/aromatic N) is 1. The van der Waals surface area contributed by atoms with Crippen LogP contribution >= 0.6 is 0 Å². The maximum absolute atomic E-state index is 9.31. The van der Waals surface area contributed by atoms with Gasteiger partial charge >= 0.3 is 0 Å². The molecule has 1 heterocycles. The Morgan fingerprint density at radius 1 is 1.20 bits per heavy atom. The number of aryl methyl sites for hydroxylation is 1. The summed E-state index contributed by atoms with van der Waals surface area (Å²) in [6.45, 7) is 1.93. The Bertz CT molecular complexity index is 282. The van der Waals surface area contributed by atoms with E-state index in [2.05, 4.69) is 0 Å². The van der Waals surface area contributed by atoms with E-state index in [1.54, 1.807) is 10.8 Å². The summed E-state index contributed by atoms with van der Waals surface area (Å²) in [6.07, 6.45) is 2.42. The largest absolute Gasteiger partial charge is 0.504 e. The fourth-order valence-corrected chi connectivity index (χ4v) is 1.08. The number of aromatic hydroxyl groups is 2. The van der Waals surface area contributed by atoms with Gasteiger partial charge in [-0.05, 0) is 0 Å². The minimum absolute atomic E-state index is 0. The maximum atomic E-state index is 9.31. The molecule has 0 saturated heterocycles.